The molecule has 0 atom stereocenters. The van der Waals surface area contributed by atoms with Gasteiger partial charge in [0.15, 0.2) is 0 Å². The molecule has 0 radical (unpaired) electrons. The fourth-order valence-corrected chi connectivity index (χ4v) is 0.903. The maximum Gasteiger partial charge on any atom is 0.416 e. The van der Waals surface area contributed by atoms with E-state index < -0.39 is 11.7 Å². The molecule has 0 aliphatic heterocycles. The zero-order valence-electron chi connectivity index (χ0n) is 5.32. The number of alkyl halides is 3. The highest BCUT2D eigenvalue weighted by Gasteiger charge is 2.29. The van der Waals surface area contributed by atoms with Crippen molar-refractivity contribution in [2.75, 3.05) is 0 Å². The van der Waals surface area contributed by atoms with Gasteiger partial charge >= 0.3 is 6.18 Å². The summed E-state index contributed by atoms with van der Waals surface area (Å²) in [5.41, 5.74) is -0.624. The van der Waals surface area contributed by atoms with Gasteiger partial charge in [-0.3, -0.25) is 0 Å². The monoisotopic (exact) mass is 226 g/mol. The molecule has 0 aromatic heterocycles. The van der Waals surface area contributed by atoms with Crippen LogP contribution in [0.4, 0.5) is 13.2 Å². The van der Waals surface area contributed by atoms with Gasteiger partial charge in [-0.05, 0) is 24.3 Å². The second kappa shape index (κ2) is 2.85. The van der Waals surface area contributed by atoms with Crippen molar-refractivity contribution >= 4 is 15.9 Å². The van der Waals surface area contributed by atoms with E-state index in [2.05, 4.69) is 15.9 Å². The van der Waals surface area contributed by atoms with E-state index in [1.54, 1.807) is 0 Å². The molecule has 0 heterocycles. The van der Waals surface area contributed by atoms with Crippen LogP contribution in [-0.4, -0.2) is 0 Å². The first-order valence-corrected chi connectivity index (χ1v) is 3.62. The van der Waals surface area contributed by atoms with Crippen LogP contribution >= 0.6 is 15.9 Å². The zero-order chi connectivity index (χ0) is 8.48. The molecule has 0 bridgehead atoms. The number of hydrogen-bond donors (Lipinski definition) is 0. The highest BCUT2D eigenvalue weighted by molar-refractivity contribution is 9.10. The van der Waals surface area contributed by atoms with Gasteiger partial charge in [-0.25, -0.2) is 0 Å². The second-order valence-electron chi connectivity index (χ2n) is 2.00. The SMILES string of the molecule is FC(F)(F)c1cc[14c](Br)cc1. The fraction of sp³-hybridized carbons (Fsp3) is 0.143. The molecule has 60 valence electrons. The smallest absolute Gasteiger partial charge is 0.166 e. The highest BCUT2D eigenvalue weighted by Crippen LogP contribution is 2.29. The van der Waals surface area contributed by atoms with E-state index in [1.165, 1.54) is 12.1 Å². The molecular formula is C7H4BrF3. The van der Waals surface area contributed by atoms with Crippen LogP contribution in [0.5, 0.6) is 0 Å². The van der Waals surface area contributed by atoms with E-state index in [-0.39, 0.29) is 0 Å². The van der Waals surface area contributed by atoms with Crippen LogP contribution in [0.3, 0.4) is 0 Å². The summed E-state index contributed by atoms with van der Waals surface area (Å²) in [6.07, 6.45) is -4.24. The molecule has 1 aromatic carbocycles. The second-order valence-corrected chi connectivity index (χ2v) is 2.92. The Bertz CT molecular complexity index is 237. The van der Waals surface area contributed by atoms with Gasteiger partial charge in [-0.15, -0.1) is 0 Å². The summed E-state index contributed by atoms with van der Waals surface area (Å²) in [5, 5.41) is 0. The third-order valence-electron chi connectivity index (χ3n) is 1.17. The first-order valence-electron chi connectivity index (χ1n) is 2.83. The Balaban J connectivity index is 2.99. The third kappa shape index (κ3) is 2.22. The lowest BCUT2D eigenvalue weighted by molar-refractivity contribution is -0.137. The first kappa shape index (κ1) is 8.59. The highest BCUT2D eigenvalue weighted by atomic mass is 79.9. The van der Waals surface area contributed by atoms with Crippen LogP contribution in [0.2, 0.25) is 0 Å². The van der Waals surface area contributed by atoms with Crippen LogP contribution in [0.15, 0.2) is 28.7 Å². The number of benzene rings is 1. The summed E-state index contributed by atoms with van der Waals surface area (Å²) in [5.74, 6) is 0. The van der Waals surface area contributed by atoms with Crippen molar-refractivity contribution in [3.63, 3.8) is 0 Å². The molecule has 0 saturated heterocycles. The van der Waals surface area contributed by atoms with E-state index in [0.717, 1.165) is 12.1 Å². The summed E-state index contributed by atoms with van der Waals surface area (Å²) in [7, 11) is 0. The van der Waals surface area contributed by atoms with Crippen LogP contribution in [-0.2, 0) is 6.18 Å². The zero-order valence-corrected chi connectivity index (χ0v) is 6.91. The molecule has 1 aromatic rings. The molecule has 0 amide bonds. The molecule has 0 N–H and O–H groups in total. The fourth-order valence-electron chi connectivity index (χ4n) is 0.639. The predicted molar refractivity (Wildman–Crippen MR) is 39.1 cm³/mol. The summed E-state index contributed by atoms with van der Waals surface area (Å²) in [6.45, 7) is 0. The van der Waals surface area contributed by atoms with E-state index in [1.807, 2.05) is 0 Å². The lowest BCUT2D eigenvalue weighted by Crippen LogP contribution is -2.03. The van der Waals surface area contributed by atoms with Crippen molar-refractivity contribution in [1.29, 1.82) is 0 Å². The van der Waals surface area contributed by atoms with Gasteiger partial charge in [0, 0.05) is 4.47 Å². The molecule has 1 rings (SSSR count). The van der Waals surface area contributed by atoms with Gasteiger partial charge in [-0.1, -0.05) is 15.9 Å². The molecule has 0 aliphatic carbocycles. The van der Waals surface area contributed by atoms with Gasteiger partial charge in [0.25, 0.3) is 0 Å². The van der Waals surface area contributed by atoms with Gasteiger partial charge in [0.05, 0.1) is 5.56 Å². The molecule has 0 fully saturated rings. The quantitative estimate of drug-likeness (QED) is 0.636. The minimum atomic E-state index is -4.24. The summed E-state index contributed by atoms with van der Waals surface area (Å²) in [4.78, 5) is 0. The summed E-state index contributed by atoms with van der Waals surface area (Å²) >= 11 is 3.04. The number of hydrogen-bond acceptors (Lipinski definition) is 0. The molecule has 4 heteroatoms. The molecule has 0 saturated carbocycles. The van der Waals surface area contributed by atoms with E-state index in [0.29, 0.717) is 4.47 Å². The van der Waals surface area contributed by atoms with Crippen molar-refractivity contribution in [3.05, 3.63) is 34.3 Å². The van der Waals surface area contributed by atoms with Crippen LogP contribution in [0, 0.1) is 0 Å². The van der Waals surface area contributed by atoms with Crippen molar-refractivity contribution in [1.82, 2.24) is 0 Å². The Labute approximate surface area is 70.2 Å². The lowest BCUT2D eigenvalue weighted by atomic mass is 10.3. The molecule has 11 heavy (non-hydrogen) atoms. The average Bonchev–Trinajstić information content (AvgIpc) is 1.86. The van der Waals surface area contributed by atoms with Crippen molar-refractivity contribution < 1.29 is 13.2 Å². The van der Waals surface area contributed by atoms with Crippen LogP contribution in [0.25, 0.3) is 0 Å². The van der Waals surface area contributed by atoms with Gasteiger partial charge in [0.2, 0.25) is 0 Å². The standard InChI is InChI=1S/C7H4BrF3/c8-6-3-1-5(2-4-6)7(9,10)11/h1-4H/i6+2. The normalized spacial score (nSPS) is 11.6. The van der Waals surface area contributed by atoms with Crippen molar-refractivity contribution in [2.45, 2.75) is 6.18 Å². The first-order chi connectivity index (χ1) is 5.00. The van der Waals surface area contributed by atoms with E-state index in [9.17, 15) is 13.2 Å². The summed E-state index contributed by atoms with van der Waals surface area (Å²) < 4.78 is 36.4. The molecule has 0 unspecified atom stereocenters. The molecule has 0 nitrogen and oxygen atoms in total. The van der Waals surface area contributed by atoms with Gasteiger partial charge in [-0.2, -0.15) is 13.2 Å². The van der Waals surface area contributed by atoms with Crippen LogP contribution in [0.1, 0.15) is 5.56 Å². The van der Waals surface area contributed by atoms with Crippen molar-refractivity contribution in [2.24, 2.45) is 0 Å². The summed E-state index contributed by atoms with van der Waals surface area (Å²) in [6, 6.07) is 4.79. The Hall–Kier alpha value is -0.510. The third-order valence-corrected chi connectivity index (χ3v) is 1.70. The topological polar surface area (TPSA) is 0 Å². The lowest BCUT2D eigenvalue weighted by Gasteiger charge is -2.04. The maximum absolute atomic E-state index is 11.9. The van der Waals surface area contributed by atoms with E-state index >= 15 is 0 Å². The molecule has 0 aliphatic rings. The van der Waals surface area contributed by atoms with Crippen LogP contribution < -0.4 is 0 Å². The Morgan fingerprint density at radius 3 is 2.00 bits per heavy atom. The average molecular weight is 227 g/mol. The largest absolute Gasteiger partial charge is 0.416 e. The van der Waals surface area contributed by atoms with Crippen molar-refractivity contribution in [3.8, 4) is 0 Å². The Morgan fingerprint density at radius 2 is 1.64 bits per heavy atom. The predicted octanol–water partition coefficient (Wildman–Crippen LogP) is 3.47. The minimum absolute atomic E-state index is 0.624. The van der Waals surface area contributed by atoms with Gasteiger partial charge < -0.3 is 0 Å². The molecular weight excluding hydrogens is 223 g/mol. The van der Waals surface area contributed by atoms with Gasteiger partial charge in [0.1, 0.15) is 0 Å². The molecule has 0 spiro atoms. The maximum atomic E-state index is 11.9. The van der Waals surface area contributed by atoms with E-state index in [4.69, 9.17) is 0 Å². The number of rotatable bonds is 0. The minimum Gasteiger partial charge on any atom is -0.166 e. The Morgan fingerprint density at radius 1 is 1.18 bits per heavy atom. The Kier molecular flexibility index (Phi) is 2.23. The number of halogens is 4.